The fourth-order valence-electron chi connectivity index (χ4n) is 0.952. The molecule has 0 saturated carbocycles. The molecule has 2 amide bonds. The van der Waals surface area contributed by atoms with Gasteiger partial charge in [0.1, 0.15) is 0 Å². The zero-order valence-corrected chi connectivity index (χ0v) is 9.20. The maximum Gasteiger partial charge on any atom is 0.257 e. The fraction of sp³-hybridized carbons (Fsp3) is 0.333. The number of rotatable bonds is 1. The van der Waals surface area contributed by atoms with Crippen molar-refractivity contribution in [3.8, 4) is 0 Å². The summed E-state index contributed by atoms with van der Waals surface area (Å²) in [5.74, 6) is -0.619. The number of benzene rings is 1. The maximum atomic E-state index is 11.6. The Morgan fingerprint density at radius 2 is 1.60 bits per heavy atom. The van der Waals surface area contributed by atoms with Crippen LogP contribution in [0.2, 0.25) is 0 Å². The van der Waals surface area contributed by atoms with E-state index in [1.807, 2.05) is 6.07 Å². The van der Waals surface area contributed by atoms with Crippen LogP contribution in [-0.2, 0) is 4.79 Å². The first-order valence-corrected chi connectivity index (χ1v) is 4.82. The van der Waals surface area contributed by atoms with Gasteiger partial charge in [-0.15, -0.1) is 0 Å². The van der Waals surface area contributed by atoms with Gasteiger partial charge in [0.25, 0.3) is 5.91 Å². The molecule has 0 bridgehead atoms. The van der Waals surface area contributed by atoms with E-state index in [4.69, 9.17) is 0 Å². The Kier molecular flexibility index (Phi) is 3.24. The summed E-state index contributed by atoms with van der Waals surface area (Å²) in [5, 5.41) is 2.36. The third-order valence-electron chi connectivity index (χ3n) is 1.94. The van der Waals surface area contributed by atoms with Gasteiger partial charge in [0.05, 0.1) is 0 Å². The first kappa shape index (κ1) is 11.4. The van der Waals surface area contributed by atoms with E-state index in [0.29, 0.717) is 5.56 Å². The van der Waals surface area contributed by atoms with Gasteiger partial charge >= 0.3 is 0 Å². The number of hydrogen-bond donors (Lipinski definition) is 1. The van der Waals surface area contributed by atoms with Gasteiger partial charge in [-0.05, 0) is 12.1 Å². The zero-order valence-electron chi connectivity index (χ0n) is 9.20. The summed E-state index contributed by atoms with van der Waals surface area (Å²) < 4.78 is 0. The minimum atomic E-state index is -0.551. The molecule has 0 aliphatic carbocycles. The third-order valence-corrected chi connectivity index (χ3v) is 1.94. The van der Waals surface area contributed by atoms with E-state index in [2.05, 4.69) is 5.32 Å². The quantitative estimate of drug-likeness (QED) is 0.762. The second-order valence-corrected chi connectivity index (χ2v) is 4.40. The highest BCUT2D eigenvalue weighted by atomic mass is 16.2. The molecule has 0 fully saturated rings. The van der Waals surface area contributed by atoms with Gasteiger partial charge in [-0.3, -0.25) is 14.9 Å². The van der Waals surface area contributed by atoms with Crippen LogP contribution in [0, 0.1) is 5.41 Å². The highest BCUT2D eigenvalue weighted by Gasteiger charge is 2.23. The van der Waals surface area contributed by atoms with Crippen LogP contribution in [0.3, 0.4) is 0 Å². The van der Waals surface area contributed by atoms with Crippen LogP contribution >= 0.6 is 0 Å². The number of carbonyl (C=O) groups excluding carboxylic acids is 2. The molecule has 3 nitrogen and oxygen atoms in total. The fourth-order valence-corrected chi connectivity index (χ4v) is 0.952. The SMILES string of the molecule is CC(C)(C)C(=O)NC(=O)c1ccccc1. The summed E-state index contributed by atoms with van der Waals surface area (Å²) in [7, 11) is 0. The molecule has 0 atom stereocenters. The monoisotopic (exact) mass is 205 g/mol. The highest BCUT2D eigenvalue weighted by molar-refractivity contribution is 6.05. The molecule has 0 aliphatic heterocycles. The Bertz CT molecular complexity index is 363. The van der Waals surface area contributed by atoms with Crippen LogP contribution in [0.5, 0.6) is 0 Å². The van der Waals surface area contributed by atoms with Crippen molar-refractivity contribution in [3.05, 3.63) is 35.9 Å². The van der Waals surface area contributed by atoms with Crippen molar-refractivity contribution >= 4 is 11.8 Å². The van der Waals surface area contributed by atoms with Gasteiger partial charge in [-0.2, -0.15) is 0 Å². The lowest BCUT2D eigenvalue weighted by Crippen LogP contribution is -2.38. The minimum Gasteiger partial charge on any atom is -0.292 e. The zero-order chi connectivity index (χ0) is 11.5. The molecule has 0 aromatic heterocycles. The Morgan fingerprint density at radius 3 is 2.07 bits per heavy atom. The van der Waals surface area contributed by atoms with Crippen molar-refractivity contribution in [2.45, 2.75) is 20.8 Å². The minimum absolute atomic E-state index is 0.267. The summed E-state index contributed by atoms with van der Waals surface area (Å²) in [5.41, 5.74) is -0.0557. The van der Waals surface area contributed by atoms with E-state index in [9.17, 15) is 9.59 Å². The second-order valence-electron chi connectivity index (χ2n) is 4.40. The molecule has 0 unspecified atom stereocenters. The predicted molar refractivity (Wildman–Crippen MR) is 58.4 cm³/mol. The molecule has 1 aromatic carbocycles. The highest BCUT2D eigenvalue weighted by Crippen LogP contribution is 2.12. The van der Waals surface area contributed by atoms with Gasteiger partial charge in [-0.1, -0.05) is 39.0 Å². The van der Waals surface area contributed by atoms with Crippen LogP contribution in [0.1, 0.15) is 31.1 Å². The van der Waals surface area contributed by atoms with E-state index in [-0.39, 0.29) is 11.8 Å². The van der Waals surface area contributed by atoms with Gasteiger partial charge in [-0.25, -0.2) is 0 Å². The van der Waals surface area contributed by atoms with Crippen molar-refractivity contribution < 1.29 is 9.59 Å². The first-order chi connectivity index (χ1) is 6.91. The maximum absolute atomic E-state index is 11.6. The van der Waals surface area contributed by atoms with Gasteiger partial charge < -0.3 is 0 Å². The van der Waals surface area contributed by atoms with E-state index in [1.54, 1.807) is 45.0 Å². The normalized spacial score (nSPS) is 10.9. The molecule has 0 heterocycles. The average molecular weight is 205 g/mol. The Labute approximate surface area is 89.5 Å². The number of hydrogen-bond acceptors (Lipinski definition) is 2. The Morgan fingerprint density at radius 1 is 1.07 bits per heavy atom. The van der Waals surface area contributed by atoms with Crippen molar-refractivity contribution in [1.29, 1.82) is 0 Å². The van der Waals surface area contributed by atoms with Crippen molar-refractivity contribution in [1.82, 2.24) is 5.32 Å². The Hall–Kier alpha value is -1.64. The smallest absolute Gasteiger partial charge is 0.257 e. The standard InChI is InChI=1S/C12H15NO2/c1-12(2,3)11(15)13-10(14)9-7-5-4-6-8-9/h4-8H,1-3H3,(H,13,14,15). The molecule has 0 aliphatic rings. The molecule has 1 rings (SSSR count). The van der Waals surface area contributed by atoms with Crippen molar-refractivity contribution in [3.63, 3.8) is 0 Å². The van der Waals surface area contributed by atoms with Crippen LogP contribution in [0.25, 0.3) is 0 Å². The molecule has 1 N–H and O–H groups in total. The molecule has 0 radical (unpaired) electrons. The molecular formula is C12H15NO2. The van der Waals surface area contributed by atoms with E-state index < -0.39 is 5.41 Å². The van der Waals surface area contributed by atoms with Gasteiger partial charge in [0, 0.05) is 11.0 Å². The topological polar surface area (TPSA) is 46.2 Å². The first-order valence-electron chi connectivity index (χ1n) is 4.82. The summed E-state index contributed by atoms with van der Waals surface area (Å²) >= 11 is 0. The lowest BCUT2D eigenvalue weighted by atomic mass is 9.95. The summed E-state index contributed by atoms with van der Waals surface area (Å²) in [6.07, 6.45) is 0. The van der Waals surface area contributed by atoms with Crippen LogP contribution in [0.15, 0.2) is 30.3 Å². The molecular weight excluding hydrogens is 190 g/mol. The van der Waals surface area contributed by atoms with Crippen molar-refractivity contribution in [2.75, 3.05) is 0 Å². The van der Waals surface area contributed by atoms with Gasteiger partial charge in [0.15, 0.2) is 0 Å². The van der Waals surface area contributed by atoms with E-state index >= 15 is 0 Å². The number of carbonyl (C=O) groups is 2. The molecule has 0 spiro atoms. The van der Waals surface area contributed by atoms with Crippen LogP contribution in [0.4, 0.5) is 0 Å². The van der Waals surface area contributed by atoms with Crippen LogP contribution in [-0.4, -0.2) is 11.8 Å². The lowest BCUT2D eigenvalue weighted by molar-refractivity contribution is -0.127. The molecule has 3 heteroatoms. The predicted octanol–water partition coefficient (Wildman–Crippen LogP) is 1.99. The number of nitrogens with one attached hydrogen (secondary N) is 1. The summed E-state index contributed by atoms with van der Waals surface area (Å²) in [6.45, 7) is 5.29. The molecule has 1 aromatic rings. The Balaban J connectivity index is 2.70. The number of imide groups is 1. The second kappa shape index (κ2) is 4.26. The van der Waals surface area contributed by atoms with Crippen molar-refractivity contribution in [2.24, 2.45) is 5.41 Å². The average Bonchev–Trinajstić information content (AvgIpc) is 2.17. The lowest BCUT2D eigenvalue weighted by Gasteiger charge is -2.16. The van der Waals surface area contributed by atoms with E-state index in [1.165, 1.54) is 0 Å². The molecule has 80 valence electrons. The van der Waals surface area contributed by atoms with Crippen LogP contribution < -0.4 is 5.32 Å². The van der Waals surface area contributed by atoms with Gasteiger partial charge in [0.2, 0.25) is 5.91 Å². The third kappa shape index (κ3) is 3.20. The summed E-state index contributed by atoms with van der Waals surface area (Å²) in [4.78, 5) is 23.1. The van der Waals surface area contributed by atoms with E-state index in [0.717, 1.165) is 0 Å². The largest absolute Gasteiger partial charge is 0.292 e. The molecule has 15 heavy (non-hydrogen) atoms. The molecule has 0 saturated heterocycles. The number of amides is 2. The summed E-state index contributed by atoms with van der Waals surface area (Å²) in [6, 6.07) is 8.69.